The quantitative estimate of drug-likeness (QED) is 0.572. The summed E-state index contributed by atoms with van der Waals surface area (Å²) in [5.41, 5.74) is 0.927. The Hall–Kier alpha value is -1.97. The first-order chi connectivity index (χ1) is 10.2. The van der Waals surface area contributed by atoms with Gasteiger partial charge in [0, 0.05) is 12.3 Å². The Balaban J connectivity index is 2.07. The monoisotopic (exact) mass is 287 g/mol. The molecule has 1 aliphatic heterocycles. The Bertz CT molecular complexity index is 512. The number of benzene rings is 1. The molecule has 4 nitrogen and oxygen atoms in total. The van der Waals surface area contributed by atoms with Crippen LogP contribution in [0.25, 0.3) is 0 Å². The molecule has 0 bridgehead atoms. The zero-order valence-electron chi connectivity index (χ0n) is 12.3. The van der Waals surface area contributed by atoms with Crippen LogP contribution < -0.4 is 0 Å². The highest BCUT2D eigenvalue weighted by Gasteiger charge is 2.42. The highest BCUT2D eigenvalue weighted by Crippen LogP contribution is 2.30. The topological polar surface area (TPSA) is 54.5 Å². The first kappa shape index (κ1) is 15.4. The maximum atomic E-state index is 12.4. The van der Waals surface area contributed by atoms with Gasteiger partial charge in [-0.2, -0.15) is 0 Å². The maximum absolute atomic E-state index is 12.4. The largest absolute Gasteiger partial charge is 0.303 e. The summed E-state index contributed by atoms with van der Waals surface area (Å²) in [4.78, 5) is 37.0. The molecule has 21 heavy (non-hydrogen) atoms. The lowest BCUT2D eigenvalue weighted by molar-refractivity contribution is -0.141. The number of rotatable bonds is 7. The second kappa shape index (κ2) is 7.16. The van der Waals surface area contributed by atoms with Crippen molar-refractivity contribution in [2.45, 2.75) is 39.2 Å². The highest BCUT2D eigenvalue weighted by molar-refractivity contribution is 6.04. The van der Waals surface area contributed by atoms with Gasteiger partial charge in [-0.05, 0) is 12.0 Å². The number of hydrogen-bond acceptors (Lipinski definition) is 3. The van der Waals surface area contributed by atoms with Crippen LogP contribution in [0.5, 0.6) is 0 Å². The van der Waals surface area contributed by atoms with Crippen LogP contribution >= 0.6 is 0 Å². The molecule has 0 spiro atoms. The minimum atomic E-state index is -0.467. The molecule has 4 heteroatoms. The zero-order chi connectivity index (χ0) is 15.2. The van der Waals surface area contributed by atoms with Gasteiger partial charge in [0.25, 0.3) is 0 Å². The van der Waals surface area contributed by atoms with E-state index in [0.717, 1.165) is 24.7 Å². The second-order valence-corrected chi connectivity index (χ2v) is 5.56. The molecule has 0 aliphatic carbocycles. The molecule has 0 aromatic heterocycles. The molecular weight excluding hydrogens is 266 g/mol. The van der Waals surface area contributed by atoms with E-state index in [1.54, 1.807) is 0 Å². The van der Waals surface area contributed by atoms with Crippen molar-refractivity contribution < 1.29 is 14.4 Å². The molecule has 1 aromatic rings. The van der Waals surface area contributed by atoms with Crippen LogP contribution in [0, 0.1) is 11.8 Å². The Labute approximate surface area is 125 Å². The summed E-state index contributed by atoms with van der Waals surface area (Å²) in [6.45, 7) is 2.35. The van der Waals surface area contributed by atoms with Crippen LogP contribution in [0.2, 0.25) is 0 Å². The van der Waals surface area contributed by atoms with E-state index in [-0.39, 0.29) is 24.2 Å². The fraction of sp³-hybridized carbons (Fsp3) is 0.471. The molecule has 0 N–H and O–H groups in total. The summed E-state index contributed by atoms with van der Waals surface area (Å²) in [6, 6.07) is 9.44. The first-order valence-electron chi connectivity index (χ1n) is 7.50. The average Bonchev–Trinajstić information content (AvgIpc) is 2.78. The SMILES string of the molecule is CCCCC(C=O)C1CC(=O)N(Cc2ccccc2)C1=O. The van der Waals surface area contributed by atoms with Gasteiger partial charge in [0.05, 0.1) is 12.5 Å². The lowest BCUT2D eigenvalue weighted by atomic mass is 9.88. The van der Waals surface area contributed by atoms with Crippen LogP contribution in [0.4, 0.5) is 0 Å². The molecule has 1 aromatic carbocycles. The van der Waals surface area contributed by atoms with E-state index in [9.17, 15) is 14.4 Å². The minimum Gasteiger partial charge on any atom is -0.303 e. The highest BCUT2D eigenvalue weighted by atomic mass is 16.2. The number of aldehydes is 1. The molecule has 1 saturated heterocycles. The van der Waals surface area contributed by atoms with Gasteiger partial charge in [-0.25, -0.2) is 0 Å². The van der Waals surface area contributed by atoms with Gasteiger partial charge in [0.15, 0.2) is 0 Å². The van der Waals surface area contributed by atoms with Gasteiger partial charge in [0.1, 0.15) is 6.29 Å². The number of likely N-dealkylation sites (tertiary alicyclic amines) is 1. The molecule has 2 rings (SSSR count). The maximum Gasteiger partial charge on any atom is 0.233 e. The summed E-state index contributed by atoms with van der Waals surface area (Å²) < 4.78 is 0. The summed E-state index contributed by atoms with van der Waals surface area (Å²) in [5, 5.41) is 0. The summed E-state index contributed by atoms with van der Waals surface area (Å²) in [6.07, 6.45) is 3.58. The van der Waals surface area contributed by atoms with Crippen LogP contribution in [-0.4, -0.2) is 23.0 Å². The molecule has 0 saturated carbocycles. The molecule has 1 aliphatic rings. The van der Waals surface area contributed by atoms with Crippen molar-refractivity contribution in [3.05, 3.63) is 35.9 Å². The molecule has 1 heterocycles. The fourth-order valence-electron chi connectivity index (χ4n) is 2.78. The summed E-state index contributed by atoms with van der Waals surface area (Å²) in [5.74, 6) is -1.17. The van der Waals surface area contributed by atoms with Gasteiger partial charge in [-0.3, -0.25) is 14.5 Å². The first-order valence-corrected chi connectivity index (χ1v) is 7.50. The number of carbonyl (C=O) groups excluding carboxylic acids is 3. The van der Waals surface area contributed by atoms with Gasteiger partial charge in [-0.1, -0.05) is 50.1 Å². The smallest absolute Gasteiger partial charge is 0.233 e. The predicted molar refractivity (Wildman–Crippen MR) is 79.2 cm³/mol. The molecular formula is C17H21NO3. The molecule has 0 radical (unpaired) electrons. The Morgan fingerprint density at radius 2 is 2.00 bits per heavy atom. The predicted octanol–water partition coefficient (Wildman–Crippen LogP) is 2.57. The van der Waals surface area contributed by atoms with Gasteiger partial charge < -0.3 is 4.79 Å². The van der Waals surface area contributed by atoms with Crippen LogP contribution in [0.1, 0.15) is 38.2 Å². The molecule has 1 fully saturated rings. The summed E-state index contributed by atoms with van der Waals surface area (Å²) >= 11 is 0. The van der Waals surface area contributed by atoms with Crippen LogP contribution in [0.15, 0.2) is 30.3 Å². The second-order valence-electron chi connectivity index (χ2n) is 5.56. The Morgan fingerprint density at radius 1 is 1.29 bits per heavy atom. The van der Waals surface area contributed by atoms with E-state index in [4.69, 9.17) is 0 Å². The van der Waals surface area contributed by atoms with Crippen molar-refractivity contribution in [3.8, 4) is 0 Å². The van der Waals surface area contributed by atoms with Crippen molar-refractivity contribution >= 4 is 18.1 Å². The molecule has 2 unspecified atom stereocenters. The normalized spacial score (nSPS) is 19.9. The van der Waals surface area contributed by atoms with Crippen molar-refractivity contribution in [1.82, 2.24) is 4.90 Å². The number of imide groups is 1. The lowest BCUT2D eigenvalue weighted by Crippen LogP contribution is -2.32. The van der Waals surface area contributed by atoms with E-state index in [0.29, 0.717) is 13.0 Å². The van der Waals surface area contributed by atoms with E-state index in [2.05, 4.69) is 0 Å². The third-order valence-electron chi connectivity index (χ3n) is 4.04. The number of carbonyl (C=O) groups is 3. The van der Waals surface area contributed by atoms with Crippen molar-refractivity contribution in [3.63, 3.8) is 0 Å². The average molecular weight is 287 g/mol. The number of amides is 2. The van der Waals surface area contributed by atoms with Gasteiger partial charge in [0.2, 0.25) is 11.8 Å². The standard InChI is InChI=1S/C17H21NO3/c1-2-3-9-14(12-19)15-10-16(20)18(17(15)21)11-13-7-5-4-6-8-13/h4-8,12,14-15H,2-3,9-11H2,1H3. The Morgan fingerprint density at radius 3 is 2.62 bits per heavy atom. The molecule has 2 atom stereocenters. The third kappa shape index (κ3) is 3.57. The van der Waals surface area contributed by atoms with Crippen LogP contribution in [0.3, 0.4) is 0 Å². The molecule has 2 amide bonds. The number of unbranched alkanes of at least 4 members (excludes halogenated alkanes) is 1. The number of nitrogens with zero attached hydrogens (tertiary/aromatic N) is 1. The van der Waals surface area contributed by atoms with Crippen molar-refractivity contribution in [1.29, 1.82) is 0 Å². The number of hydrogen-bond donors (Lipinski definition) is 0. The van der Waals surface area contributed by atoms with E-state index in [1.165, 1.54) is 4.90 Å². The zero-order valence-corrected chi connectivity index (χ0v) is 12.3. The van der Waals surface area contributed by atoms with Crippen LogP contribution in [-0.2, 0) is 20.9 Å². The van der Waals surface area contributed by atoms with Crippen molar-refractivity contribution in [2.75, 3.05) is 0 Å². The molecule has 112 valence electrons. The third-order valence-corrected chi connectivity index (χ3v) is 4.04. The van der Waals surface area contributed by atoms with E-state index in [1.807, 2.05) is 37.3 Å². The van der Waals surface area contributed by atoms with Crippen molar-refractivity contribution in [2.24, 2.45) is 11.8 Å². The lowest BCUT2D eigenvalue weighted by Gasteiger charge is -2.18. The minimum absolute atomic E-state index is 0.165. The summed E-state index contributed by atoms with van der Waals surface area (Å²) in [7, 11) is 0. The van der Waals surface area contributed by atoms with E-state index >= 15 is 0 Å². The van der Waals surface area contributed by atoms with Gasteiger partial charge >= 0.3 is 0 Å². The van der Waals surface area contributed by atoms with E-state index < -0.39 is 5.92 Å². The fourth-order valence-corrected chi connectivity index (χ4v) is 2.78. The Kier molecular flexibility index (Phi) is 5.26. The van der Waals surface area contributed by atoms with Gasteiger partial charge in [-0.15, -0.1) is 0 Å².